The van der Waals surface area contributed by atoms with Crippen LogP contribution >= 0.6 is 0 Å². The van der Waals surface area contributed by atoms with Crippen molar-refractivity contribution in [2.24, 2.45) is 0 Å². The van der Waals surface area contributed by atoms with Gasteiger partial charge in [-0.3, -0.25) is 0 Å². The molecule has 4 nitrogen and oxygen atoms in total. The highest BCUT2D eigenvalue weighted by Gasteiger charge is 2.13. The van der Waals surface area contributed by atoms with E-state index in [2.05, 4.69) is 6.07 Å². The second-order valence-corrected chi connectivity index (χ2v) is 3.70. The first-order valence-corrected chi connectivity index (χ1v) is 5.75. The van der Waals surface area contributed by atoms with Crippen LogP contribution in [0, 0.1) is 22.7 Å². The Hall–Kier alpha value is -2.33. The second-order valence-electron chi connectivity index (χ2n) is 3.70. The molecule has 0 aliphatic heterocycles. The summed E-state index contributed by atoms with van der Waals surface area (Å²) < 4.78 is 4.96. The molecule has 1 aromatic rings. The molecule has 0 bridgehead atoms. The van der Waals surface area contributed by atoms with Crippen LogP contribution in [-0.2, 0) is 17.6 Å². The van der Waals surface area contributed by atoms with Gasteiger partial charge in [0.15, 0.2) is 0 Å². The SMILES string of the molecule is CCOC(=O)c1cc(CCC#N)ccc1CC#N. The van der Waals surface area contributed by atoms with Crippen molar-refractivity contribution in [2.45, 2.75) is 26.2 Å². The van der Waals surface area contributed by atoms with E-state index >= 15 is 0 Å². The molecule has 0 aromatic heterocycles. The molecule has 0 N–H and O–H groups in total. The zero-order chi connectivity index (χ0) is 13.4. The number of carbonyl (C=O) groups is 1. The summed E-state index contributed by atoms with van der Waals surface area (Å²) in [5, 5.41) is 17.3. The van der Waals surface area contributed by atoms with E-state index in [0.717, 1.165) is 5.56 Å². The molecular weight excluding hydrogens is 228 g/mol. The summed E-state index contributed by atoms with van der Waals surface area (Å²) in [5.74, 6) is -0.415. The van der Waals surface area contributed by atoms with Gasteiger partial charge in [-0.1, -0.05) is 12.1 Å². The molecule has 0 saturated heterocycles. The van der Waals surface area contributed by atoms with Gasteiger partial charge in [-0.05, 0) is 30.5 Å². The Kier molecular flexibility index (Phi) is 5.41. The summed E-state index contributed by atoms with van der Waals surface area (Å²) >= 11 is 0. The predicted octanol–water partition coefficient (Wildman–Crippen LogP) is 2.39. The molecule has 0 heterocycles. The molecule has 0 amide bonds. The molecule has 0 atom stereocenters. The maximum atomic E-state index is 11.8. The van der Waals surface area contributed by atoms with Crippen molar-refractivity contribution >= 4 is 5.97 Å². The molecule has 0 saturated carbocycles. The third kappa shape index (κ3) is 3.61. The van der Waals surface area contributed by atoms with E-state index in [0.29, 0.717) is 30.6 Å². The van der Waals surface area contributed by atoms with E-state index in [1.165, 1.54) is 0 Å². The van der Waals surface area contributed by atoms with Gasteiger partial charge in [-0.25, -0.2) is 4.79 Å². The van der Waals surface area contributed by atoms with E-state index in [1.807, 2.05) is 12.1 Å². The van der Waals surface area contributed by atoms with Gasteiger partial charge >= 0.3 is 5.97 Å². The lowest BCUT2D eigenvalue weighted by molar-refractivity contribution is 0.0525. The molecule has 0 unspecified atom stereocenters. The highest BCUT2D eigenvalue weighted by atomic mass is 16.5. The standard InChI is InChI=1S/C14H14N2O2/c1-2-18-14(17)13-10-11(4-3-8-15)5-6-12(13)7-9-16/h5-6,10H,2-4,7H2,1H3. The molecule has 92 valence electrons. The second kappa shape index (κ2) is 7.09. The van der Waals surface area contributed by atoms with Crippen LogP contribution < -0.4 is 0 Å². The zero-order valence-electron chi connectivity index (χ0n) is 10.3. The Balaban J connectivity index is 3.04. The molecular formula is C14H14N2O2. The van der Waals surface area contributed by atoms with Gasteiger partial charge in [0.25, 0.3) is 0 Å². The summed E-state index contributed by atoms with van der Waals surface area (Å²) in [7, 11) is 0. The summed E-state index contributed by atoms with van der Waals surface area (Å²) in [5.41, 5.74) is 1.99. The number of ether oxygens (including phenoxy) is 1. The summed E-state index contributed by atoms with van der Waals surface area (Å²) in [6.07, 6.45) is 1.17. The van der Waals surface area contributed by atoms with Gasteiger partial charge < -0.3 is 4.74 Å². The lowest BCUT2D eigenvalue weighted by atomic mass is 10.00. The fourth-order valence-corrected chi connectivity index (χ4v) is 1.62. The van der Waals surface area contributed by atoms with Crippen LogP contribution in [-0.4, -0.2) is 12.6 Å². The number of nitrogens with zero attached hydrogens (tertiary/aromatic N) is 2. The minimum atomic E-state index is -0.415. The number of aryl methyl sites for hydroxylation is 1. The van der Waals surface area contributed by atoms with Crippen molar-refractivity contribution in [3.63, 3.8) is 0 Å². The minimum Gasteiger partial charge on any atom is -0.462 e. The van der Waals surface area contributed by atoms with Crippen LogP contribution in [0.4, 0.5) is 0 Å². The zero-order valence-corrected chi connectivity index (χ0v) is 10.3. The number of esters is 1. The van der Waals surface area contributed by atoms with Gasteiger partial charge in [0.2, 0.25) is 0 Å². The predicted molar refractivity (Wildman–Crippen MR) is 65.6 cm³/mol. The van der Waals surface area contributed by atoms with Gasteiger partial charge in [0, 0.05) is 6.42 Å². The first-order valence-electron chi connectivity index (χ1n) is 5.75. The molecule has 1 aromatic carbocycles. The van der Waals surface area contributed by atoms with Crippen LogP contribution in [0.3, 0.4) is 0 Å². The Bertz CT molecular complexity index is 510. The van der Waals surface area contributed by atoms with Crippen molar-refractivity contribution in [2.75, 3.05) is 6.61 Å². The van der Waals surface area contributed by atoms with Crippen molar-refractivity contribution < 1.29 is 9.53 Å². The first-order chi connectivity index (χ1) is 8.72. The largest absolute Gasteiger partial charge is 0.462 e. The summed E-state index contributed by atoms with van der Waals surface area (Å²) in [6, 6.07) is 9.39. The molecule has 0 spiro atoms. The minimum absolute atomic E-state index is 0.173. The smallest absolute Gasteiger partial charge is 0.338 e. The maximum absolute atomic E-state index is 11.8. The molecule has 4 heteroatoms. The summed E-state index contributed by atoms with van der Waals surface area (Å²) in [6.45, 7) is 2.04. The monoisotopic (exact) mass is 242 g/mol. The van der Waals surface area contributed by atoms with Crippen LogP contribution in [0.25, 0.3) is 0 Å². The number of rotatable bonds is 5. The van der Waals surface area contributed by atoms with E-state index in [-0.39, 0.29) is 6.42 Å². The molecule has 18 heavy (non-hydrogen) atoms. The lowest BCUT2D eigenvalue weighted by Crippen LogP contribution is -2.08. The lowest BCUT2D eigenvalue weighted by Gasteiger charge is -2.08. The number of carbonyl (C=O) groups excluding carboxylic acids is 1. The molecule has 0 radical (unpaired) electrons. The third-order valence-corrected chi connectivity index (χ3v) is 2.46. The number of benzene rings is 1. The number of nitriles is 2. The summed E-state index contributed by atoms with van der Waals surface area (Å²) in [4.78, 5) is 11.8. The van der Waals surface area contributed by atoms with Crippen molar-refractivity contribution in [1.82, 2.24) is 0 Å². The van der Waals surface area contributed by atoms with E-state index in [9.17, 15) is 4.79 Å². The number of hydrogen-bond acceptors (Lipinski definition) is 4. The van der Waals surface area contributed by atoms with Gasteiger partial charge in [-0.2, -0.15) is 10.5 Å². The van der Waals surface area contributed by atoms with Crippen molar-refractivity contribution in [1.29, 1.82) is 10.5 Å². The van der Waals surface area contributed by atoms with Gasteiger partial charge in [0.1, 0.15) is 0 Å². The van der Waals surface area contributed by atoms with Crippen molar-refractivity contribution in [3.05, 3.63) is 34.9 Å². The number of hydrogen-bond donors (Lipinski definition) is 0. The van der Waals surface area contributed by atoms with E-state index < -0.39 is 5.97 Å². The fourth-order valence-electron chi connectivity index (χ4n) is 1.62. The highest BCUT2D eigenvalue weighted by Crippen LogP contribution is 2.15. The highest BCUT2D eigenvalue weighted by molar-refractivity contribution is 5.91. The van der Waals surface area contributed by atoms with Crippen LogP contribution in [0.2, 0.25) is 0 Å². The molecule has 1 rings (SSSR count). The Morgan fingerprint density at radius 1 is 1.33 bits per heavy atom. The quantitative estimate of drug-likeness (QED) is 0.743. The van der Waals surface area contributed by atoms with Crippen LogP contribution in [0.15, 0.2) is 18.2 Å². The Morgan fingerprint density at radius 2 is 2.11 bits per heavy atom. The Labute approximate surface area is 106 Å². The Morgan fingerprint density at radius 3 is 2.72 bits per heavy atom. The molecule has 0 fully saturated rings. The first kappa shape index (κ1) is 13.7. The van der Waals surface area contributed by atoms with Gasteiger partial charge in [0.05, 0.1) is 30.7 Å². The van der Waals surface area contributed by atoms with Crippen LogP contribution in [0.5, 0.6) is 0 Å². The van der Waals surface area contributed by atoms with Crippen LogP contribution in [0.1, 0.15) is 34.8 Å². The van der Waals surface area contributed by atoms with E-state index in [1.54, 1.807) is 19.1 Å². The molecule has 0 aliphatic carbocycles. The fraction of sp³-hybridized carbons (Fsp3) is 0.357. The maximum Gasteiger partial charge on any atom is 0.338 e. The average Bonchev–Trinajstić information content (AvgIpc) is 2.38. The van der Waals surface area contributed by atoms with Crippen molar-refractivity contribution in [3.8, 4) is 12.1 Å². The van der Waals surface area contributed by atoms with E-state index in [4.69, 9.17) is 15.3 Å². The average molecular weight is 242 g/mol. The van der Waals surface area contributed by atoms with Gasteiger partial charge in [-0.15, -0.1) is 0 Å². The third-order valence-electron chi connectivity index (χ3n) is 2.46. The normalized spacial score (nSPS) is 9.28. The molecule has 0 aliphatic rings. The topological polar surface area (TPSA) is 73.9 Å².